The number of carbonyl (C=O) groups is 6. The number of aliphatic hydroxyl groups is 9. The number of nitrogens with one attached hydrogen (secondary N) is 5. The minimum absolute atomic E-state index is 0.0185. The van der Waals surface area contributed by atoms with Crippen LogP contribution in [0.1, 0.15) is 175 Å². The van der Waals surface area contributed by atoms with Crippen LogP contribution in [0.15, 0.2) is 0 Å². The zero-order valence-electron chi connectivity index (χ0n) is 53.4. The Morgan fingerprint density at radius 2 is 0.742 bits per heavy atom. The van der Waals surface area contributed by atoms with Crippen LogP contribution in [0.5, 0.6) is 0 Å². The first-order chi connectivity index (χ1) is 42.8. The van der Waals surface area contributed by atoms with E-state index in [1.807, 2.05) is 0 Å². The molecule has 89 heavy (non-hydrogen) atoms. The molecule has 3 heterocycles. The largest absolute Gasteiger partial charge is 0.394 e. The molecule has 27 heteroatoms. The van der Waals surface area contributed by atoms with E-state index in [1.54, 1.807) is 27.9 Å². The molecule has 518 valence electrons. The van der Waals surface area contributed by atoms with Gasteiger partial charge in [0.05, 0.1) is 44.2 Å². The van der Waals surface area contributed by atoms with Gasteiger partial charge >= 0.3 is 0 Å². The molecule has 3 aliphatic rings. The van der Waals surface area contributed by atoms with Gasteiger partial charge in [0.1, 0.15) is 36.6 Å². The Kier molecular flexibility index (Phi) is 41.6. The number of methoxy groups -OCH3 is 1. The van der Waals surface area contributed by atoms with Gasteiger partial charge in [-0.05, 0) is 96.3 Å². The van der Waals surface area contributed by atoms with E-state index in [9.17, 15) is 74.7 Å². The van der Waals surface area contributed by atoms with Crippen LogP contribution >= 0.6 is 0 Å². The van der Waals surface area contributed by atoms with Gasteiger partial charge in [0.2, 0.25) is 29.5 Å². The fraction of sp³-hybridized carbons (Fsp3) is 0.903. The monoisotopic (exact) mass is 1280 g/mol. The van der Waals surface area contributed by atoms with Crippen LogP contribution in [0.4, 0.5) is 0 Å². The molecule has 27 nitrogen and oxygen atoms in total. The molecule has 0 aromatic rings. The Balaban J connectivity index is 1.57. The Morgan fingerprint density at radius 3 is 1.15 bits per heavy atom. The summed E-state index contributed by atoms with van der Waals surface area (Å²) in [4.78, 5) is 79.8. The lowest BCUT2D eigenvalue weighted by atomic mass is 9.91. The highest BCUT2D eigenvalue weighted by Crippen LogP contribution is 2.30. The minimum atomic E-state index is -1.27. The number of Topliss-reactive ketones (excluding diaryl/α,β-unsaturated/α-hetero) is 1. The Bertz CT molecular complexity index is 1960. The molecule has 8 unspecified atom stereocenters. The standard InChI is InChI=1S/C62H113N5O22/c1-40-53(76)56(79)46(37-68)87-60(40)84-33-19-11-25-50(73)64-29-16-9-22-43(59(82)66-31-15-7-8-24-49(72)63-28-14-5-6-18-32-83-4)36-45(71)44(67-52(75)27-13-21-35-86-62-42(3)55(78)58(81)48(39-70)89-62)23-10-17-30-65-51(74)26-12-20-34-85-61-41(2)54(77)57(80)47(38-69)88-61/h40-44,46-48,53-58,60-62,68-70,76-81H,5-39H2,1-4H3,(H,63,72)(H,64,73)(H,65,74)(H,66,82)(H,67,75)/t40?,41?,42?,43?,44?,46?,47?,48?,53-,54-,55-,56+,57+,58+,60-,61-,62-/m1/s1. The SMILES string of the molecule is COCCCCCCNC(=O)CCCCCNC(=O)C(CCCCNC(=O)CCCCO[C@@H]1OC(CO)[C@H](O)[C@H](O)C1C)CC(=O)C(CCCCNC(=O)CCCCO[C@@H]1OC(CO)[C@H](O)[C@H](O)C1C)NC(=O)CCCCO[C@@H]1OC(CO)[C@H](O)[C@H](O)C1C. The number of carbonyl (C=O) groups excluding carboxylic acids is 6. The lowest BCUT2D eigenvalue weighted by Crippen LogP contribution is -2.55. The van der Waals surface area contributed by atoms with Gasteiger partial charge in [-0.3, -0.25) is 28.8 Å². The Hall–Kier alpha value is -3.62. The van der Waals surface area contributed by atoms with Crippen LogP contribution in [-0.2, 0) is 61.9 Å². The summed E-state index contributed by atoms with van der Waals surface area (Å²) in [6, 6.07) is -0.959. The third-order valence-electron chi connectivity index (χ3n) is 16.9. The molecule has 0 bridgehead atoms. The first-order valence-electron chi connectivity index (χ1n) is 32.9. The summed E-state index contributed by atoms with van der Waals surface area (Å²) in [5.41, 5.74) is 0. The molecule has 0 aromatic heterocycles. The lowest BCUT2D eigenvalue weighted by Gasteiger charge is -2.40. The molecule has 0 radical (unpaired) electrons. The van der Waals surface area contributed by atoms with Crippen molar-refractivity contribution in [2.45, 2.75) is 255 Å². The van der Waals surface area contributed by atoms with Gasteiger partial charge < -0.3 is 106 Å². The molecule has 3 saturated heterocycles. The van der Waals surface area contributed by atoms with E-state index in [4.69, 9.17) is 33.2 Å². The normalized spacial score (nSPS) is 27.7. The maximum atomic E-state index is 14.4. The molecule has 3 rings (SSSR count). The van der Waals surface area contributed by atoms with Crippen molar-refractivity contribution in [3.8, 4) is 0 Å². The second kappa shape index (κ2) is 46.4. The van der Waals surface area contributed by atoms with Gasteiger partial charge in [-0.25, -0.2) is 0 Å². The van der Waals surface area contributed by atoms with E-state index in [-0.39, 0.29) is 81.3 Å². The van der Waals surface area contributed by atoms with E-state index in [2.05, 4.69) is 26.6 Å². The quantitative estimate of drug-likeness (QED) is 0.0367. The molecule has 5 amide bonds. The number of rotatable bonds is 49. The van der Waals surface area contributed by atoms with Gasteiger partial charge in [-0.15, -0.1) is 0 Å². The average molecular weight is 1280 g/mol. The molecule has 17 atom stereocenters. The van der Waals surface area contributed by atoms with E-state index in [0.717, 1.165) is 32.3 Å². The molecular weight excluding hydrogens is 1170 g/mol. The highest BCUT2D eigenvalue weighted by Gasteiger charge is 2.45. The predicted octanol–water partition coefficient (Wildman–Crippen LogP) is 0.405. The fourth-order valence-electron chi connectivity index (χ4n) is 10.9. The maximum Gasteiger partial charge on any atom is 0.223 e. The van der Waals surface area contributed by atoms with E-state index >= 15 is 0 Å². The Morgan fingerprint density at radius 1 is 0.404 bits per heavy atom. The third-order valence-corrected chi connectivity index (χ3v) is 16.9. The first kappa shape index (κ1) is 79.6. The van der Waals surface area contributed by atoms with Gasteiger partial charge in [-0.1, -0.05) is 46.5 Å². The van der Waals surface area contributed by atoms with Crippen LogP contribution in [0.2, 0.25) is 0 Å². The van der Waals surface area contributed by atoms with E-state index in [0.29, 0.717) is 122 Å². The number of unbranched alkanes of at least 4 members (excludes halogenated alkanes) is 10. The number of hydrogen-bond acceptors (Lipinski definition) is 22. The molecule has 0 aromatic carbocycles. The summed E-state index contributed by atoms with van der Waals surface area (Å²) in [7, 11) is 1.68. The van der Waals surface area contributed by atoms with Gasteiger partial charge in [0.15, 0.2) is 24.7 Å². The number of ether oxygens (including phenoxy) is 7. The summed E-state index contributed by atoms with van der Waals surface area (Å²) in [5.74, 6) is -3.87. The highest BCUT2D eigenvalue weighted by atomic mass is 16.7. The number of amides is 5. The van der Waals surface area contributed by atoms with Crippen LogP contribution < -0.4 is 26.6 Å². The van der Waals surface area contributed by atoms with Crippen molar-refractivity contribution in [2.75, 3.05) is 79.5 Å². The van der Waals surface area contributed by atoms with Gasteiger partial charge in [0.25, 0.3) is 0 Å². The molecule has 3 aliphatic heterocycles. The van der Waals surface area contributed by atoms with Crippen molar-refractivity contribution >= 4 is 35.3 Å². The molecule has 0 aliphatic carbocycles. The lowest BCUT2D eigenvalue weighted by molar-refractivity contribution is -0.282. The topological polar surface area (TPSA) is 409 Å². The van der Waals surface area contributed by atoms with Crippen LogP contribution in [0.25, 0.3) is 0 Å². The number of hydrogen-bond donors (Lipinski definition) is 14. The maximum absolute atomic E-state index is 14.4. The summed E-state index contributed by atoms with van der Waals surface area (Å²) in [6.07, 6.45) is -0.935. The van der Waals surface area contributed by atoms with Gasteiger partial charge in [-0.2, -0.15) is 0 Å². The molecular formula is C62H113N5O22. The van der Waals surface area contributed by atoms with Crippen molar-refractivity contribution < 1.29 is 108 Å². The number of ketones is 1. The van der Waals surface area contributed by atoms with E-state index in [1.165, 1.54) is 0 Å². The van der Waals surface area contributed by atoms with Crippen molar-refractivity contribution in [1.29, 1.82) is 0 Å². The summed E-state index contributed by atoms with van der Waals surface area (Å²) in [6.45, 7) is 6.42. The zero-order valence-corrected chi connectivity index (χ0v) is 53.4. The minimum Gasteiger partial charge on any atom is -0.394 e. The first-order valence-corrected chi connectivity index (χ1v) is 32.9. The van der Waals surface area contributed by atoms with Crippen LogP contribution in [0, 0.1) is 23.7 Å². The Labute approximate surface area is 526 Å². The van der Waals surface area contributed by atoms with Crippen LogP contribution in [0.3, 0.4) is 0 Å². The molecule has 0 saturated carbocycles. The summed E-state index contributed by atoms with van der Waals surface area (Å²) >= 11 is 0. The van der Waals surface area contributed by atoms with Crippen molar-refractivity contribution in [1.82, 2.24) is 26.6 Å². The summed E-state index contributed by atoms with van der Waals surface area (Å²) in [5, 5.41) is 105. The molecule has 14 N–H and O–H groups in total. The second-order valence-corrected chi connectivity index (χ2v) is 24.2. The highest BCUT2D eigenvalue weighted by molar-refractivity contribution is 5.92. The van der Waals surface area contributed by atoms with E-state index < -0.39 is 129 Å². The fourth-order valence-corrected chi connectivity index (χ4v) is 10.9. The second-order valence-electron chi connectivity index (χ2n) is 24.2. The third kappa shape index (κ3) is 30.8. The van der Waals surface area contributed by atoms with Crippen molar-refractivity contribution in [3.63, 3.8) is 0 Å². The zero-order chi connectivity index (χ0) is 65.5. The summed E-state index contributed by atoms with van der Waals surface area (Å²) < 4.78 is 39.3. The van der Waals surface area contributed by atoms with Crippen molar-refractivity contribution in [3.05, 3.63) is 0 Å². The predicted molar refractivity (Wildman–Crippen MR) is 324 cm³/mol. The average Bonchev–Trinajstić information content (AvgIpc) is 3.10. The number of aliphatic hydroxyl groups excluding tert-OH is 9. The smallest absolute Gasteiger partial charge is 0.223 e. The van der Waals surface area contributed by atoms with Crippen molar-refractivity contribution in [2.24, 2.45) is 23.7 Å². The molecule has 0 spiro atoms. The molecule has 3 fully saturated rings. The van der Waals surface area contributed by atoms with Gasteiger partial charge in [0, 0.05) is 115 Å². The van der Waals surface area contributed by atoms with Crippen LogP contribution in [-0.4, -0.2) is 241 Å².